The van der Waals surface area contributed by atoms with Crippen LogP contribution in [-0.4, -0.2) is 19.9 Å². The molecule has 8 heteroatoms. The van der Waals surface area contributed by atoms with Crippen LogP contribution >= 0.6 is 0 Å². The molecule has 0 saturated carbocycles. The Hall–Kier alpha value is -12.0. The molecule has 0 aliphatic rings. The summed E-state index contributed by atoms with van der Waals surface area (Å²) >= 11 is 0. The summed E-state index contributed by atoms with van der Waals surface area (Å²) in [7, 11) is 0. The number of hydrogen-bond donors (Lipinski definition) is 0. The van der Waals surface area contributed by atoms with Gasteiger partial charge in [0.15, 0.2) is 0 Å². The first kappa shape index (κ1) is 47.4. The van der Waals surface area contributed by atoms with Crippen molar-refractivity contribution >= 4 is 153 Å². The number of hydrogen-bond acceptors (Lipinski definition) is 8. The van der Waals surface area contributed by atoms with Crippen LogP contribution in [0.15, 0.2) is 273 Å². The summed E-state index contributed by atoms with van der Waals surface area (Å²) in [5, 5.41) is 17.0. The van der Waals surface area contributed by atoms with Crippen molar-refractivity contribution in [2.24, 2.45) is 0 Å². The molecule has 0 saturated heterocycles. The zero-order chi connectivity index (χ0) is 57.3. The van der Waals surface area contributed by atoms with Gasteiger partial charge in [0.1, 0.15) is 44.7 Å². The SMILES string of the molecule is c1ccc(-c2c3oc4ccccc4c3cc3c2oc2ccccc23)c(-c2cnc3c4ccccc4c4ccc(-c5ccc6c7ccccc7c7nc(-c8ccc(-c9c%10oc%11ccccc%11c%10cc%10c9oc9ccccc9%10)cc8)cnc7c6c5)cc4c3n2)c1. The second-order valence-corrected chi connectivity index (χ2v) is 23.0. The zero-order valence-corrected chi connectivity index (χ0v) is 46.7. The van der Waals surface area contributed by atoms with Crippen LogP contribution in [0.5, 0.6) is 0 Å². The number of fused-ring (bicyclic) bond motifs is 24. The first-order valence-electron chi connectivity index (χ1n) is 29.6. The normalized spacial score (nSPS) is 12.3. The van der Waals surface area contributed by atoms with Crippen LogP contribution in [0, 0.1) is 0 Å². The second-order valence-electron chi connectivity index (χ2n) is 23.0. The van der Waals surface area contributed by atoms with Crippen molar-refractivity contribution in [3.8, 4) is 55.9 Å². The van der Waals surface area contributed by atoms with Gasteiger partial charge in [0.05, 0.1) is 57.0 Å². The van der Waals surface area contributed by atoms with Crippen LogP contribution in [-0.2, 0) is 0 Å². The highest BCUT2D eigenvalue weighted by atomic mass is 16.4. The molecule has 0 radical (unpaired) electrons. The highest BCUT2D eigenvalue weighted by molar-refractivity contribution is 6.27. The summed E-state index contributed by atoms with van der Waals surface area (Å²) in [6.07, 6.45) is 3.83. The van der Waals surface area contributed by atoms with Gasteiger partial charge in [0, 0.05) is 75.8 Å². The Labute approximate surface area is 498 Å². The van der Waals surface area contributed by atoms with Gasteiger partial charge < -0.3 is 17.7 Å². The molecular formula is C80H42N4O4. The van der Waals surface area contributed by atoms with E-state index in [1.165, 1.54) is 0 Å². The van der Waals surface area contributed by atoms with Gasteiger partial charge in [-0.15, -0.1) is 0 Å². The monoisotopic (exact) mass is 1120 g/mol. The third-order valence-electron chi connectivity index (χ3n) is 18.3. The molecule has 0 atom stereocenters. The Morgan fingerprint density at radius 2 is 0.557 bits per heavy atom. The summed E-state index contributed by atoms with van der Waals surface area (Å²) in [4.78, 5) is 21.8. The molecule has 0 fully saturated rings. The van der Waals surface area contributed by atoms with E-state index in [9.17, 15) is 0 Å². The summed E-state index contributed by atoms with van der Waals surface area (Å²) in [5.74, 6) is 0. The van der Waals surface area contributed by atoms with Crippen molar-refractivity contribution in [2.45, 2.75) is 0 Å². The van der Waals surface area contributed by atoms with E-state index < -0.39 is 0 Å². The topological polar surface area (TPSA) is 104 Å². The molecule has 20 aromatic rings. The van der Waals surface area contributed by atoms with Gasteiger partial charge >= 0.3 is 0 Å². The third-order valence-corrected chi connectivity index (χ3v) is 18.3. The van der Waals surface area contributed by atoms with Gasteiger partial charge in [-0.1, -0.05) is 194 Å². The molecule has 6 heterocycles. The largest absolute Gasteiger partial charge is 0.455 e. The number of rotatable bonds is 5. The molecule has 0 amide bonds. The van der Waals surface area contributed by atoms with E-state index in [0.717, 1.165) is 209 Å². The van der Waals surface area contributed by atoms with E-state index in [4.69, 9.17) is 37.6 Å². The van der Waals surface area contributed by atoms with E-state index in [0.29, 0.717) is 0 Å². The average Bonchev–Trinajstić information content (AvgIpc) is 1.57. The minimum absolute atomic E-state index is 0.741. The third kappa shape index (κ3) is 6.68. The summed E-state index contributed by atoms with van der Waals surface area (Å²) < 4.78 is 26.9. The standard InChI is InChI=1S/C80H42N4O4/c1-5-23-57-47(15-1)50-36-34-46(38-60(50)76-73(57)82-42-66(84-76)51-17-3-4-22-56(51)72-79-63(54-20-9-13-27-69(54)87-79)40-64-55-21-10-14-28-70(55)88-80(64)72)45-33-35-49-48-16-2-6-24-58(48)75-74(59(49)37-45)81-41-65(83-75)43-29-31-44(32-30-43)71-77-61(52-18-7-11-25-67(52)85-77)39-62-53-19-8-12-26-68(53)86-78(62)71/h1-42H. The molecule has 14 aromatic carbocycles. The maximum Gasteiger partial charge on any atom is 0.147 e. The Bertz CT molecular complexity index is 6270. The Morgan fingerprint density at radius 1 is 0.216 bits per heavy atom. The minimum atomic E-state index is 0.741. The van der Waals surface area contributed by atoms with Crippen molar-refractivity contribution < 1.29 is 17.7 Å². The highest BCUT2D eigenvalue weighted by Gasteiger charge is 2.26. The van der Waals surface area contributed by atoms with Gasteiger partial charge in [-0.25, -0.2) is 9.97 Å². The second kappa shape index (κ2) is 17.8. The van der Waals surface area contributed by atoms with E-state index in [1.54, 1.807) is 0 Å². The molecule has 6 aromatic heterocycles. The predicted octanol–water partition coefficient (Wildman–Crippen LogP) is 22.1. The number of furan rings is 4. The zero-order valence-electron chi connectivity index (χ0n) is 46.7. The lowest BCUT2D eigenvalue weighted by molar-refractivity contribution is 0.657. The molecular weight excluding hydrogens is 1080 g/mol. The van der Waals surface area contributed by atoms with E-state index >= 15 is 0 Å². The number of nitrogens with zero attached hydrogens (tertiary/aromatic N) is 4. The highest BCUT2D eigenvalue weighted by Crippen LogP contribution is 2.49. The maximum atomic E-state index is 6.80. The van der Waals surface area contributed by atoms with Gasteiger partial charge in [-0.3, -0.25) is 9.97 Å². The van der Waals surface area contributed by atoms with E-state index in [2.05, 4.69) is 194 Å². The number of aromatic nitrogens is 4. The smallest absolute Gasteiger partial charge is 0.147 e. The van der Waals surface area contributed by atoms with Crippen LogP contribution in [0.3, 0.4) is 0 Å². The van der Waals surface area contributed by atoms with Gasteiger partial charge in [-0.2, -0.15) is 0 Å². The Balaban J connectivity index is 0.732. The van der Waals surface area contributed by atoms with Crippen molar-refractivity contribution in [2.75, 3.05) is 0 Å². The molecule has 0 aliphatic heterocycles. The van der Waals surface area contributed by atoms with Crippen LogP contribution < -0.4 is 0 Å². The first-order chi connectivity index (χ1) is 43.6. The minimum Gasteiger partial charge on any atom is -0.455 e. The molecule has 0 bridgehead atoms. The van der Waals surface area contributed by atoms with Crippen molar-refractivity contribution in [3.05, 3.63) is 255 Å². The summed E-state index contributed by atoms with van der Waals surface area (Å²) in [6.45, 7) is 0. The lowest BCUT2D eigenvalue weighted by Gasteiger charge is -2.15. The maximum absolute atomic E-state index is 6.80. The predicted molar refractivity (Wildman–Crippen MR) is 359 cm³/mol. The van der Waals surface area contributed by atoms with Gasteiger partial charge in [0.2, 0.25) is 0 Å². The van der Waals surface area contributed by atoms with Crippen molar-refractivity contribution in [1.82, 2.24) is 19.9 Å². The van der Waals surface area contributed by atoms with Crippen LogP contribution in [0.25, 0.3) is 209 Å². The molecule has 0 N–H and O–H groups in total. The molecule has 0 aliphatic carbocycles. The van der Waals surface area contributed by atoms with Gasteiger partial charge in [-0.05, 0) is 92.3 Å². The van der Waals surface area contributed by atoms with Crippen LogP contribution in [0.4, 0.5) is 0 Å². The fourth-order valence-electron chi connectivity index (χ4n) is 14.3. The first-order valence-corrected chi connectivity index (χ1v) is 29.6. The summed E-state index contributed by atoms with van der Waals surface area (Å²) in [5.41, 5.74) is 19.0. The molecule has 20 rings (SSSR count). The quantitative estimate of drug-likeness (QED) is 0.157. The Kier molecular flexibility index (Phi) is 9.57. The Morgan fingerprint density at radius 3 is 1.07 bits per heavy atom. The van der Waals surface area contributed by atoms with Crippen LogP contribution in [0.1, 0.15) is 0 Å². The molecule has 8 nitrogen and oxygen atoms in total. The fraction of sp³-hybridized carbons (Fsp3) is 0. The van der Waals surface area contributed by atoms with Gasteiger partial charge in [0.25, 0.3) is 0 Å². The lowest BCUT2D eigenvalue weighted by Crippen LogP contribution is -1.95. The van der Waals surface area contributed by atoms with Crippen LogP contribution in [0.2, 0.25) is 0 Å². The molecule has 0 unspecified atom stereocenters. The molecule has 406 valence electrons. The van der Waals surface area contributed by atoms with E-state index in [-0.39, 0.29) is 0 Å². The summed E-state index contributed by atoms with van der Waals surface area (Å²) in [6, 6.07) is 84.8. The van der Waals surface area contributed by atoms with Crippen molar-refractivity contribution in [3.63, 3.8) is 0 Å². The fourth-order valence-corrected chi connectivity index (χ4v) is 14.3. The van der Waals surface area contributed by atoms with E-state index in [1.807, 2.05) is 60.9 Å². The molecule has 0 spiro atoms. The van der Waals surface area contributed by atoms with Crippen molar-refractivity contribution in [1.29, 1.82) is 0 Å². The average molecular weight is 1120 g/mol. The number of benzene rings is 14. The molecule has 88 heavy (non-hydrogen) atoms. The lowest BCUT2D eigenvalue weighted by atomic mass is 9.92. The number of para-hydroxylation sites is 4.